The first-order valence-electron chi connectivity index (χ1n) is 26.3. The minimum absolute atomic E-state index is 0.111. The Labute approximate surface area is 445 Å². The van der Waals surface area contributed by atoms with Gasteiger partial charge in [-0.05, 0) is 92.6 Å². The SMILES string of the molecule is CCC1OC(=O)C(C)C(OC2CC(C)(OC)C(O)[C@H](C)O2)C(C)[C@H](OC2OC(C)CC(N(C)C)C2O)C(C)(OC)CC(C)C(=O)C(C)C2[C@H](SCCn3cnc4c(N)nc(NCc5ccncc5)nc43)C(=O)OC12C. The van der Waals surface area contributed by atoms with Crippen LogP contribution in [0.25, 0.3) is 11.2 Å². The normalized spacial score (nSPS) is 39.2. The molecule has 7 heterocycles. The average Bonchev–Trinajstić information content (AvgIpc) is 3.91. The minimum atomic E-state index is -1.44. The lowest BCUT2D eigenvalue weighted by atomic mass is 9.70. The number of thioether (sulfide) groups is 1. The zero-order valence-corrected chi connectivity index (χ0v) is 46.9. The molecule has 19 atom stereocenters. The van der Waals surface area contributed by atoms with Gasteiger partial charge < -0.3 is 68.6 Å². The highest BCUT2D eigenvalue weighted by molar-refractivity contribution is 8.00. The van der Waals surface area contributed by atoms with Gasteiger partial charge in [0, 0.05) is 81.6 Å². The Balaban J connectivity index is 1.23. The summed E-state index contributed by atoms with van der Waals surface area (Å²) in [5.74, 6) is -4.41. The number of nitrogen functional groups attached to an aromatic ring is 1. The number of aliphatic hydroxyl groups is 2. The molecule has 4 aliphatic heterocycles. The fourth-order valence-electron chi connectivity index (χ4n) is 12.1. The predicted octanol–water partition coefficient (Wildman–Crippen LogP) is 4.79. The largest absolute Gasteiger partial charge is 0.458 e. The lowest BCUT2D eigenvalue weighted by molar-refractivity contribution is -0.319. The van der Waals surface area contributed by atoms with E-state index < -0.39 is 113 Å². The molecule has 4 saturated heterocycles. The van der Waals surface area contributed by atoms with Crippen LogP contribution in [-0.2, 0) is 65.4 Å². The van der Waals surface area contributed by atoms with Gasteiger partial charge in [-0.25, -0.2) is 4.98 Å². The van der Waals surface area contributed by atoms with Gasteiger partial charge in [-0.2, -0.15) is 9.97 Å². The molecule has 0 aromatic carbocycles. The van der Waals surface area contributed by atoms with E-state index in [0.29, 0.717) is 42.4 Å². The number of fused-ring (bicyclic) bond motifs is 2. The van der Waals surface area contributed by atoms with E-state index in [1.54, 1.807) is 53.5 Å². The van der Waals surface area contributed by atoms with Crippen LogP contribution in [0.1, 0.15) is 100 Å². The van der Waals surface area contributed by atoms with Crippen molar-refractivity contribution in [1.29, 1.82) is 0 Å². The summed E-state index contributed by atoms with van der Waals surface area (Å²) in [4.78, 5) is 64.5. The van der Waals surface area contributed by atoms with E-state index in [2.05, 4.69) is 20.3 Å². The van der Waals surface area contributed by atoms with Gasteiger partial charge >= 0.3 is 11.9 Å². The van der Waals surface area contributed by atoms with E-state index in [0.717, 1.165) is 5.56 Å². The van der Waals surface area contributed by atoms with Crippen LogP contribution in [0.2, 0.25) is 0 Å². The maximum Gasteiger partial charge on any atom is 0.320 e. The average molecular weight is 1070 g/mol. The summed E-state index contributed by atoms with van der Waals surface area (Å²) in [6, 6.07) is 3.46. The molecule has 0 saturated carbocycles. The highest BCUT2D eigenvalue weighted by atomic mass is 32.2. The van der Waals surface area contributed by atoms with Crippen LogP contribution in [0.4, 0.5) is 11.8 Å². The number of likely N-dealkylation sites (N-methyl/N-ethyl adjacent to an activating group) is 1. The number of rotatable bonds is 15. The van der Waals surface area contributed by atoms with Crippen LogP contribution in [0.15, 0.2) is 30.9 Å². The fraction of sp³-hybridized carbons (Fsp3) is 0.755. The molecule has 0 spiro atoms. The second-order valence-electron chi connectivity index (χ2n) is 22.1. The third-order valence-corrected chi connectivity index (χ3v) is 17.8. The quantitative estimate of drug-likeness (QED) is 0.149. The summed E-state index contributed by atoms with van der Waals surface area (Å²) in [7, 11) is 6.84. The van der Waals surface area contributed by atoms with Gasteiger partial charge in [0.25, 0.3) is 0 Å². The number of nitrogens with zero attached hydrogens (tertiary/aromatic N) is 6. The summed E-state index contributed by atoms with van der Waals surface area (Å²) in [6.07, 6.45) is -2.12. The Hall–Kier alpha value is -4.10. The molecule has 4 fully saturated rings. The molecule has 3 aromatic heterocycles. The second-order valence-corrected chi connectivity index (χ2v) is 23.4. The predicted molar refractivity (Wildman–Crippen MR) is 280 cm³/mol. The molecule has 7 rings (SSSR count). The Morgan fingerprint density at radius 3 is 2.28 bits per heavy atom. The molecule has 4 aliphatic rings. The first kappa shape index (κ1) is 58.6. The number of carbonyl (C=O) groups is 3. The van der Waals surface area contributed by atoms with Crippen molar-refractivity contribution in [2.24, 2.45) is 29.6 Å². The van der Waals surface area contributed by atoms with E-state index in [9.17, 15) is 15.0 Å². The zero-order valence-electron chi connectivity index (χ0n) is 46.1. The number of cyclic esters (lactones) is 1. The number of hydrogen-bond acceptors (Lipinski definition) is 21. The van der Waals surface area contributed by atoms with Gasteiger partial charge in [0.2, 0.25) is 5.95 Å². The molecule has 418 valence electrons. The van der Waals surface area contributed by atoms with Gasteiger partial charge in [-0.1, -0.05) is 27.7 Å². The molecule has 0 aliphatic carbocycles. The summed E-state index contributed by atoms with van der Waals surface area (Å²) < 4.78 is 53.8. The molecule has 75 heavy (non-hydrogen) atoms. The number of aryl methyl sites for hydroxylation is 1. The Morgan fingerprint density at radius 2 is 1.63 bits per heavy atom. The highest BCUT2D eigenvalue weighted by Gasteiger charge is 2.62. The number of Topliss-reactive ketones (excluding diaryl/α,β-unsaturated/α-hetero) is 1. The first-order valence-corrected chi connectivity index (χ1v) is 27.4. The van der Waals surface area contributed by atoms with Gasteiger partial charge in [0.1, 0.15) is 34.9 Å². The number of ether oxygens (including phenoxy) is 8. The number of carbonyl (C=O) groups excluding carboxylic acids is 3. The van der Waals surface area contributed by atoms with Crippen molar-refractivity contribution in [2.45, 2.75) is 191 Å². The number of hydrogen-bond donors (Lipinski definition) is 4. The number of anilines is 2. The van der Waals surface area contributed by atoms with E-state index in [-0.39, 0.29) is 43.0 Å². The van der Waals surface area contributed by atoms with Crippen LogP contribution in [0.5, 0.6) is 0 Å². The van der Waals surface area contributed by atoms with Gasteiger partial charge in [0.05, 0.1) is 47.9 Å². The van der Waals surface area contributed by atoms with E-state index >= 15 is 9.59 Å². The van der Waals surface area contributed by atoms with Crippen molar-refractivity contribution >= 4 is 52.4 Å². The lowest BCUT2D eigenvalue weighted by Gasteiger charge is -2.50. The number of esters is 2. The number of nitrogens with two attached hydrogens (primary N) is 1. The topological polar surface area (TPSA) is 263 Å². The third kappa shape index (κ3) is 12.1. The number of aromatic nitrogens is 5. The highest BCUT2D eigenvalue weighted by Crippen LogP contribution is 2.49. The summed E-state index contributed by atoms with van der Waals surface area (Å²) in [6.45, 7) is 19.0. The number of imidazole rings is 1. The smallest absolute Gasteiger partial charge is 0.320 e. The fourth-order valence-corrected chi connectivity index (χ4v) is 13.5. The number of pyridine rings is 1. The van der Waals surface area contributed by atoms with E-state index in [1.807, 2.05) is 77.2 Å². The Bertz CT molecular complexity index is 2440. The minimum Gasteiger partial charge on any atom is -0.458 e. The van der Waals surface area contributed by atoms with Crippen molar-refractivity contribution in [1.82, 2.24) is 29.4 Å². The number of ketones is 1. The van der Waals surface area contributed by atoms with Crippen LogP contribution < -0.4 is 11.1 Å². The van der Waals surface area contributed by atoms with Crippen molar-refractivity contribution in [3.05, 3.63) is 36.4 Å². The molecule has 21 nitrogen and oxygen atoms in total. The maximum atomic E-state index is 15.3. The van der Waals surface area contributed by atoms with Crippen molar-refractivity contribution in [3.63, 3.8) is 0 Å². The van der Waals surface area contributed by atoms with Crippen molar-refractivity contribution < 1.29 is 62.5 Å². The summed E-state index contributed by atoms with van der Waals surface area (Å²) in [5, 5.41) is 25.4. The Kier molecular flexibility index (Phi) is 18.6. The van der Waals surface area contributed by atoms with Crippen molar-refractivity contribution in [2.75, 3.05) is 45.1 Å². The first-order chi connectivity index (χ1) is 35.4. The molecule has 22 heteroatoms. The summed E-state index contributed by atoms with van der Waals surface area (Å²) >= 11 is 1.35. The molecule has 0 radical (unpaired) electrons. The summed E-state index contributed by atoms with van der Waals surface area (Å²) in [5.41, 5.74) is 4.49. The monoisotopic (exact) mass is 1070 g/mol. The Morgan fingerprint density at radius 1 is 0.933 bits per heavy atom. The molecule has 0 amide bonds. The third-order valence-electron chi connectivity index (χ3n) is 16.6. The standard InChI is InChI=1S/C53H82N8O13S/c1-15-35-53(10)37(42(48(66)74-53)75-21-20-61-26-57-38-45(54)58-50(59-46(38)61)56-25-33-16-18-55-19-17-33)29(4)39(62)27(2)23-52(9,68-14)44(73-49-40(63)34(60(11)12)22-28(3)69-49)30(5)41(31(6)47(65)71-35)72-36-24-51(8,67-13)43(64)32(7)70-36/h16-19,26-32,34-37,40-44,49,63-64H,15,20-25H2,1-14H3,(H3,54,56,58,59)/t27?,28?,29?,30?,31?,32-,34?,35?,36?,37?,40?,41?,42-,43?,44-,49?,51?,52?,53?/m0/s1. The zero-order chi connectivity index (χ0) is 54.9. The lowest BCUT2D eigenvalue weighted by Crippen LogP contribution is -2.61. The molecule has 3 aromatic rings. The number of nitrogens with one attached hydrogen (secondary N) is 1. The van der Waals surface area contributed by atoms with Gasteiger partial charge in [-0.15, -0.1) is 11.8 Å². The number of methoxy groups -OCH3 is 2. The second kappa shape index (κ2) is 23.9. The van der Waals surface area contributed by atoms with E-state index in [1.165, 1.54) is 18.9 Å². The molecule has 0 bridgehead atoms. The van der Waals surface area contributed by atoms with Gasteiger partial charge in [-0.3, -0.25) is 19.4 Å². The van der Waals surface area contributed by atoms with Crippen LogP contribution in [-0.4, -0.2) is 175 Å². The molecule has 5 N–H and O–H groups in total. The number of aliphatic hydroxyl groups excluding tert-OH is 2. The van der Waals surface area contributed by atoms with Crippen molar-refractivity contribution in [3.8, 4) is 0 Å². The van der Waals surface area contributed by atoms with Crippen LogP contribution >= 0.6 is 11.8 Å². The van der Waals surface area contributed by atoms with Gasteiger partial charge in [0.15, 0.2) is 29.6 Å². The van der Waals surface area contributed by atoms with Crippen LogP contribution in [0.3, 0.4) is 0 Å². The molecular formula is C53H82N8O13S. The van der Waals surface area contributed by atoms with E-state index in [4.69, 9.17) is 48.6 Å². The van der Waals surface area contributed by atoms with Crippen LogP contribution in [0, 0.1) is 29.6 Å². The molecule has 16 unspecified atom stereocenters. The maximum absolute atomic E-state index is 15.3. The molecular weight excluding hydrogens is 989 g/mol.